The molecule has 2 aromatic carbocycles. The van der Waals surface area contributed by atoms with Gasteiger partial charge >= 0.3 is 5.97 Å². The summed E-state index contributed by atoms with van der Waals surface area (Å²) >= 11 is 0. The second-order valence-electron chi connectivity index (χ2n) is 5.80. The van der Waals surface area contributed by atoms with E-state index in [1.165, 1.54) is 13.2 Å². The molecule has 0 fully saturated rings. The smallest absolute Gasteiger partial charge is 0.337 e. The molecule has 0 aliphatic carbocycles. The summed E-state index contributed by atoms with van der Waals surface area (Å²) in [6.07, 6.45) is 8.49. The van der Waals surface area contributed by atoms with Crippen LogP contribution in [0.2, 0.25) is 0 Å². The molecule has 136 valence electrons. The second-order valence-corrected chi connectivity index (χ2v) is 5.80. The van der Waals surface area contributed by atoms with E-state index in [1.807, 2.05) is 35.0 Å². The molecule has 0 atom stereocenters. The number of imidazole rings is 1. The fourth-order valence-corrected chi connectivity index (χ4v) is 2.47. The van der Waals surface area contributed by atoms with Gasteiger partial charge in [-0.05, 0) is 41.5 Å². The summed E-state index contributed by atoms with van der Waals surface area (Å²) in [5, 5.41) is 2.84. The molecular weight excluding hydrogens is 342 g/mol. The van der Waals surface area contributed by atoms with Crippen LogP contribution >= 0.6 is 0 Å². The van der Waals surface area contributed by atoms with E-state index in [4.69, 9.17) is 0 Å². The van der Waals surface area contributed by atoms with Crippen LogP contribution in [0.15, 0.2) is 73.3 Å². The summed E-state index contributed by atoms with van der Waals surface area (Å²) in [6.45, 7) is 0.439. The Hall–Kier alpha value is -3.67. The summed E-state index contributed by atoms with van der Waals surface area (Å²) < 4.78 is 6.56. The molecule has 3 aromatic rings. The van der Waals surface area contributed by atoms with Crippen molar-refractivity contribution in [1.82, 2.24) is 14.9 Å². The zero-order chi connectivity index (χ0) is 19.1. The number of nitrogens with zero attached hydrogens (tertiary/aromatic N) is 2. The third kappa shape index (κ3) is 4.92. The van der Waals surface area contributed by atoms with Crippen LogP contribution in [0.4, 0.5) is 0 Å². The molecule has 0 spiro atoms. The Balaban J connectivity index is 1.52. The number of amides is 1. The van der Waals surface area contributed by atoms with Gasteiger partial charge < -0.3 is 14.6 Å². The van der Waals surface area contributed by atoms with Gasteiger partial charge in [0.25, 0.3) is 0 Å². The van der Waals surface area contributed by atoms with Crippen LogP contribution < -0.4 is 5.32 Å². The average molecular weight is 361 g/mol. The number of hydrogen-bond acceptors (Lipinski definition) is 4. The van der Waals surface area contributed by atoms with E-state index in [2.05, 4.69) is 15.0 Å². The zero-order valence-electron chi connectivity index (χ0n) is 14.8. The van der Waals surface area contributed by atoms with E-state index in [1.54, 1.807) is 42.9 Å². The highest BCUT2D eigenvalue weighted by Gasteiger charge is 2.03. The van der Waals surface area contributed by atoms with Gasteiger partial charge in [-0.2, -0.15) is 0 Å². The van der Waals surface area contributed by atoms with E-state index >= 15 is 0 Å². The Bertz CT molecular complexity index is 928. The third-order valence-corrected chi connectivity index (χ3v) is 3.96. The Morgan fingerprint density at radius 1 is 1.11 bits per heavy atom. The first-order chi connectivity index (χ1) is 13.2. The van der Waals surface area contributed by atoms with E-state index in [9.17, 15) is 9.59 Å². The highest BCUT2D eigenvalue weighted by Crippen LogP contribution is 2.10. The van der Waals surface area contributed by atoms with Gasteiger partial charge in [0.15, 0.2) is 0 Å². The predicted octanol–water partition coefficient (Wildman–Crippen LogP) is 2.99. The first kappa shape index (κ1) is 18.1. The molecule has 0 bridgehead atoms. The fraction of sp³-hybridized carbons (Fsp3) is 0.0952. The number of nitrogens with one attached hydrogen (secondary N) is 1. The molecule has 1 aromatic heterocycles. The van der Waals surface area contributed by atoms with Crippen LogP contribution in [0.1, 0.15) is 21.5 Å². The van der Waals surface area contributed by atoms with Gasteiger partial charge in [0.05, 0.1) is 19.0 Å². The van der Waals surface area contributed by atoms with Crippen LogP contribution in [-0.2, 0) is 16.1 Å². The monoisotopic (exact) mass is 361 g/mol. The number of rotatable bonds is 6. The number of hydrogen-bond donors (Lipinski definition) is 1. The van der Waals surface area contributed by atoms with Crippen LogP contribution in [0, 0.1) is 0 Å². The van der Waals surface area contributed by atoms with Gasteiger partial charge in [-0.25, -0.2) is 9.78 Å². The number of benzene rings is 2. The normalized spacial score (nSPS) is 10.7. The lowest BCUT2D eigenvalue weighted by molar-refractivity contribution is -0.116. The average Bonchev–Trinajstić information content (AvgIpc) is 3.26. The minimum absolute atomic E-state index is 0.189. The number of methoxy groups -OCH3 is 1. The molecule has 0 radical (unpaired) electrons. The number of esters is 1. The van der Waals surface area contributed by atoms with Crippen molar-refractivity contribution in [1.29, 1.82) is 0 Å². The van der Waals surface area contributed by atoms with E-state index in [0.717, 1.165) is 16.8 Å². The van der Waals surface area contributed by atoms with Gasteiger partial charge in [-0.15, -0.1) is 0 Å². The van der Waals surface area contributed by atoms with Crippen LogP contribution in [0.5, 0.6) is 0 Å². The van der Waals surface area contributed by atoms with E-state index in [0.29, 0.717) is 12.1 Å². The quantitative estimate of drug-likeness (QED) is 0.541. The SMILES string of the molecule is COC(=O)c1ccc(/C=C/C(=O)NCc2ccc(-n3ccnc3)cc2)cc1. The Kier molecular flexibility index (Phi) is 5.79. The van der Waals surface area contributed by atoms with Crippen molar-refractivity contribution in [2.45, 2.75) is 6.54 Å². The molecule has 0 saturated heterocycles. The number of ether oxygens (including phenoxy) is 1. The molecule has 0 unspecified atom stereocenters. The highest BCUT2D eigenvalue weighted by molar-refractivity contribution is 5.92. The maximum absolute atomic E-state index is 12.0. The van der Waals surface area contributed by atoms with Gasteiger partial charge in [-0.3, -0.25) is 4.79 Å². The summed E-state index contributed by atoms with van der Waals surface area (Å²) in [7, 11) is 1.34. The largest absolute Gasteiger partial charge is 0.465 e. The fourth-order valence-electron chi connectivity index (χ4n) is 2.47. The Morgan fingerprint density at radius 3 is 2.48 bits per heavy atom. The van der Waals surface area contributed by atoms with Gasteiger partial charge in [0, 0.05) is 30.7 Å². The van der Waals surface area contributed by atoms with Gasteiger partial charge in [-0.1, -0.05) is 24.3 Å². The molecule has 0 aliphatic heterocycles. The Labute approximate surface area is 157 Å². The topological polar surface area (TPSA) is 73.2 Å². The summed E-state index contributed by atoms with van der Waals surface area (Å²) in [6, 6.07) is 14.7. The molecule has 6 nitrogen and oxygen atoms in total. The molecule has 27 heavy (non-hydrogen) atoms. The van der Waals surface area contributed by atoms with Crippen molar-refractivity contribution in [3.63, 3.8) is 0 Å². The first-order valence-corrected chi connectivity index (χ1v) is 8.37. The highest BCUT2D eigenvalue weighted by atomic mass is 16.5. The van der Waals surface area contributed by atoms with Crippen molar-refractivity contribution >= 4 is 18.0 Å². The van der Waals surface area contributed by atoms with Crippen molar-refractivity contribution < 1.29 is 14.3 Å². The number of carbonyl (C=O) groups is 2. The van der Waals surface area contributed by atoms with Crippen LogP contribution in [-0.4, -0.2) is 28.5 Å². The van der Waals surface area contributed by atoms with E-state index < -0.39 is 0 Å². The standard InChI is InChI=1S/C21H19N3O3/c1-27-21(26)18-7-2-16(3-8-18)6-11-20(25)23-14-17-4-9-19(10-5-17)24-13-12-22-15-24/h2-13,15H,14H2,1H3,(H,23,25)/b11-6+. The van der Waals surface area contributed by atoms with Crippen molar-refractivity contribution in [2.75, 3.05) is 7.11 Å². The van der Waals surface area contributed by atoms with Crippen LogP contribution in [0.3, 0.4) is 0 Å². The molecule has 6 heteroatoms. The maximum atomic E-state index is 12.0. The molecule has 1 heterocycles. The van der Waals surface area contributed by atoms with Crippen molar-refractivity contribution in [2.24, 2.45) is 0 Å². The first-order valence-electron chi connectivity index (χ1n) is 8.37. The third-order valence-electron chi connectivity index (χ3n) is 3.96. The summed E-state index contributed by atoms with van der Waals surface area (Å²) in [5.41, 5.74) is 3.31. The zero-order valence-corrected chi connectivity index (χ0v) is 14.8. The molecule has 0 aliphatic rings. The summed E-state index contributed by atoms with van der Waals surface area (Å²) in [5.74, 6) is -0.576. The van der Waals surface area contributed by atoms with Crippen LogP contribution in [0.25, 0.3) is 11.8 Å². The molecule has 0 saturated carbocycles. The minimum atomic E-state index is -0.387. The second kappa shape index (κ2) is 8.62. The maximum Gasteiger partial charge on any atom is 0.337 e. The predicted molar refractivity (Wildman–Crippen MR) is 102 cm³/mol. The van der Waals surface area contributed by atoms with Crippen molar-refractivity contribution in [3.05, 3.63) is 90.0 Å². The molecule has 3 rings (SSSR count). The summed E-state index contributed by atoms with van der Waals surface area (Å²) in [4.78, 5) is 27.4. The number of carbonyl (C=O) groups excluding carboxylic acids is 2. The Morgan fingerprint density at radius 2 is 1.85 bits per heavy atom. The van der Waals surface area contributed by atoms with Gasteiger partial charge in [0.2, 0.25) is 5.91 Å². The molecule has 1 N–H and O–H groups in total. The minimum Gasteiger partial charge on any atom is -0.465 e. The number of aromatic nitrogens is 2. The molecule has 1 amide bonds. The van der Waals surface area contributed by atoms with Gasteiger partial charge in [0.1, 0.15) is 0 Å². The van der Waals surface area contributed by atoms with E-state index in [-0.39, 0.29) is 11.9 Å². The lowest BCUT2D eigenvalue weighted by Gasteiger charge is -2.05. The lowest BCUT2D eigenvalue weighted by Crippen LogP contribution is -2.20. The van der Waals surface area contributed by atoms with Crippen molar-refractivity contribution in [3.8, 4) is 5.69 Å². The molecular formula is C21H19N3O3. The lowest BCUT2D eigenvalue weighted by atomic mass is 10.1.